The molecule has 0 saturated heterocycles. The highest BCUT2D eigenvalue weighted by molar-refractivity contribution is 7.89. The number of nitrogens with one attached hydrogen (secondary N) is 1. The topological polar surface area (TPSA) is 80.6 Å². The monoisotopic (exact) mass is 405 g/mol. The van der Waals surface area contributed by atoms with E-state index in [9.17, 15) is 13.2 Å². The minimum atomic E-state index is -3.69. The third-order valence-electron chi connectivity index (χ3n) is 5.28. The van der Waals surface area contributed by atoms with Gasteiger partial charge in [0.05, 0.1) is 7.11 Å². The first-order valence-electron chi connectivity index (χ1n) is 9.42. The largest absolute Gasteiger partial charge is 0.464 e. The molecule has 0 aliphatic carbocycles. The summed E-state index contributed by atoms with van der Waals surface area (Å²) in [6.45, 7) is 3.79. The Morgan fingerprint density at radius 1 is 1.29 bits per heavy atom. The van der Waals surface area contributed by atoms with Crippen molar-refractivity contribution in [2.45, 2.75) is 31.1 Å². The summed E-state index contributed by atoms with van der Waals surface area (Å²) in [7, 11) is -0.774. The molecular weight excluding hydrogens is 378 g/mol. The number of hydrogen-bond donors (Lipinski definition) is 1. The fourth-order valence-electron chi connectivity index (χ4n) is 3.64. The number of aryl methyl sites for hydroxylation is 1. The normalized spacial score (nSPS) is 14.0. The second-order valence-electron chi connectivity index (χ2n) is 7.00. The molecule has 1 aromatic carbocycles. The SMILES string of the molecule is COC(=O)c1cc(S(=O)(=O)NCCCN2CCCc3ccccc32)c(C)n1C. The van der Waals surface area contributed by atoms with Gasteiger partial charge in [0.1, 0.15) is 10.6 Å². The van der Waals surface area contributed by atoms with Crippen LogP contribution in [0.15, 0.2) is 35.2 Å². The van der Waals surface area contributed by atoms with E-state index in [0.29, 0.717) is 18.7 Å². The van der Waals surface area contributed by atoms with Gasteiger partial charge >= 0.3 is 5.97 Å². The zero-order valence-electron chi connectivity index (χ0n) is 16.6. The number of rotatable bonds is 7. The molecule has 7 nitrogen and oxygen atoms in total. The summed E-state index contributed by atoms with van der Waals surface area (Å²) in [5.74, 6) is -0.559. The quantitative estimate of drug-likeness (QED) is 0.564. The predicted molar refractivity (Wildman–Crippen MR) is 108 cm³/mol. The lowest BCUT2D eigenvalue weighted by molar-refractivity contribution is 0.0589. The molecule has 0 radical (unpaired) electrons. The van der Waals surface area contributed by atoms with E-state index in [1.54, 1.807) is 14.0 Å². The van der Waals surface area contributed by atoms with E-state index >= 15 is 0 Å². The maximum atomic E-state index is 12.7. The van der Waals surface area contributed by atoms with Gasteiger partial charge in [-0.2, -0.15) is 0 Å². The third-order valence-corrected chi connectivity index (χ3v) is 6.85. The van der Waals surface area contributed by atoms with E-state index in [0.717, 1.165) is 25.9 Å². The van der Waals surface area contributed by atoms with Gasteiger partial charge in [0.25, 0.3) is 0 Å². The van der Waals surface area contributed by atoms with Crippen molar-refractivity contribution in [1.82, 2.24) is 9.29 Å². The summed E-state index contributed by atoms with van der Waals surface area (Å²) in [6, 6.07) is 9.74. The number of nitrogens with zero attached hydrogens (tertiary/aromatic N) is 2. The van der Waals surface area contributed by atoms with Crippen molar-refractivity contribution in [3.8, 4) is 0 Å². The highest BCUT2D eigenvalue weighted by Crippen LogP contribution is 2.26. The predicted octanol–water partition coefficient (Wildman–Crippen LogP) is 2.24. The van der Waals surface area contributed by atoms with Gasteiger partial charge in [-0.05, 0) is 43.9 Å². The lowest BCUT2D eigenvalue weighted by Crippen LogP contribution is -2.33. The van der Waals surface area contributed by atoms with Crippen molar-refractivity contribution in [3.05, 3.63) is 47.3 Å². The second kappa shape index (κ2) is 8.36. The standard InChI is InChI=1S/C20H27N3O4S/c1-15-19(14-18(22(15)2)20(24)27-3)28(25,26)21-11-7-13-23-12-6-9-16-8-4-5-10-17(16)23/h4-5,8,10,14,21H,6-7,9,11-13H2,1-3H3. The fourth-order valence-corrected chi connectivity index (χ4v) is 5.00. The van der Waals surface area contributed by atoms with Crippen molar-refractivity contribution in [2.75, 3.05) is 31.6 Å². The van der Waals surface area contributed by atoms with Gasteiger partial charge in [-0.15, -0.1) is 0 Å². The number of methoxy groups -OCH3 is 1. The van der Waals surface area contributed by atoms with Gasteiger partial charge in [-0.3, -0.25) is 0 Å². The van der Waals surface area contributed by atoms with Gasteiger partial charge in [0.15, 0.2) is 0 Å². The van der Waals surface area contributed by atoms with Crippen LogP contribution in [0.4, 0.5) is 5.69 Å². The Hall–Kier alpha value is -2.32. The molecule has 28 heavy (non-hydrogen) atoms. The molecule has 1 aliphatic heterocycles. The Balaban J connectivity index is 1.62. The minimum absolute atomic E-state index is 0.110. The highest BCUT2D eigenvalue weighted by Gasteiger charge is 2.24. The molecule has 0 bridgehead atoms. The van der Waals surface area contributed by atoms with Crippen LogP contribution in [0.3, 0.4) is 0 Å². The lowest BCUT2D eigenvalue weighted by atomic mass is 10.0. The second-order valence-corrected chi connectivity index (χ2v) is 8.74. The number of fused-ring (bicyclic) bond motifs is 1. The van der Waals surface area contributed by atoms with Crippen LogP contribution in [0.5, 0.6) is 0 Å². The summed E-state index contributed by atoms with van der Waals surface area (Å²) in [6.07, 6.45) is 2.90. The Morgan fingerprint density at radius 2 is 2.04 bits per heavy atom. The number of carbonyl (C=O) groups excluding carboxylic acids is 1. The maximum Gasteiger partial charge on any atom is 0.354 e. The molecule has 152 valence electrons. The van der Waals surface area contributed by atoms with Gasteiger partial charge in [0, 0.05) is 38.1 Å². The van der Waals surface area contributed by atoms with Crippen LogP contribution in [0.2, 0.25) is 0 Å². The van der Waals surface area contributed by atoms with Gasteiger partial charge < -0.3 is 14.2 Å². The van der Waals surface area contributed by atoms with Crippen LogP contribution < -0.4 is 9.62 Å². The zero-order chi connectivity index (χ0) is 20.3. The van der Waals surface area contributed by atoms with Crippen molar-refractivity contribution >= 4 is 21.7 Å². The summed E-state index contributed by atoms with van der Waals surface area (Å²) in [5, 5.41) is 0. The van der Waals surface area contributed by atoms with E-state index in [2.05, 4.69) is 27.8 Å². The van der Waals surface area contributed by atoms with Crippen molar-refractivity contribution in [3.63, 3.8) is 0 Å². The maximum absolute atomic E-state index is 12.7. The van der Waals surface area contributed by atoms with E-state index in [1.807, 2.05) is 6.07 Å². The smallest absolute Gasteiger partial charge is 0.354 e. The molecule has 1 N–H and O–H groups in total. The molecule has 8 heteroatoms. The molecule has 0 saturated carbocycles. The van der Waals surface area contributed by atoms with E-state index in [4.69, 9.17) is 4.74 Å². The molecule has 1 aromatic heterocycles. The van der Waals surface area contributed by atoms with Crippen LogP contribution in [-0.2, 0) is 28.2 Å². The molecule has 2 aromatic rings. The average molecular weight is 406 g/mol. The Bertz CT molecular complexity index is 966. The first kappa shape index (κ1) is 20.4. The first-order valence-corrected chi connectivity index (χ1v) is 10.9. The number of anilines is 1. The number of sulfonamides is 1. The third kappa shape index (κ3) is 4.07. The number of hydrogen-bond acceptors (Lipinski definition) is 5. The summed E-state index contributed by atoms with van der Waals surface area (Å²) in [4.78, 5) is 14.2. The van der Waals surface area contributed by atoms with Crippen LogP contribution >= 0.6 is 0 Å². The van der Waals surface area contributed by atoms with Crippen LogP contribution in [0, 0.1) is 6.92 Å². The first-order chi connectivity index (χ1) is 13.3. The van der Waals surface area contributed by atoms with Crippen LogP contribution in [0.1, 0.15) is 34.6 Å². The molecule has 2 heterocycles. The van der Waals surface area contributed by atoms with Crippen LogP contribution in [0.25, 0.3) is 0 Å². The van der Waals surface area contributed by atoms with Gasteiger partial charge in [-0.1, -0.05) is 18.2 Å². The summed E-state index contributed by atoms with van der Waals surface area (Å²) < 4.78 is 34.3. The molecular formula is C20H27N3O4S. The number of esters is 1. The number of aromatic nitrogens is 1. The minimum Gasteiger partial charge on any atom is -0.464 e. The fraction of sp³-hybridized carbons (Fsp3) is 0.450. The molecule has 0 amide bonds. The molecule has 3 rings (SSSR count). The lowest BCUT2D eigenvalue weighted by Gasteiger charge is -2.31. The van der Waals surface area contributed by atoms with Gasteiger partial charge in [-0.25, -0.2) is 17.9 Å². The number of benzene rings is 1. The zero-order valence-corrected chi connectivity index (χ0v) is 17.4. The molecule has 1 aliphatic rings. The average Bonchev–Trinajstić information content (AvgIpc) is 3.00. The van der Waals surface area contributed by atoms with E-state index < -0.39 is 16.0 Å². The van der Waals surface area contributed by atoms with E-state index in [1.165, 1.54) is 29.0 Å². The Labute approximate surface area is 166 Å². The Kier molecular flexibility index (Phi) is 6.10. The van der Waals surface area contributed by atoms with Crippen molar-refractivity contribution in [1.29, 1.82) is 0 Å². The highest BCUT2D eigenvalue weighted by atomic mass is 32.2. The van der Waals surface area contributed by atoms with Crippen molar-refractivity contribution in [2.24, 2.45) is 7.05 Å². The summed E-state index contributed by atoms with van der Waals surface area (Å²) >= 11 is 0. The summed E-state index contributed by atoms with van der Waals surface area (Å²) in [5.41, 5.74) is 3.31. The van der Waals surface area contributed by atoms with Gasteiger partial charge in [0.2, 0.25) is 10.0 Å². The van der Waals surface area contributed by atoms with Crippen LogP contribution in [-0.4, -0.2) is 45.7 Å². The number of carbonyl (C=O) groups is 1. The Morgan fingerprint density at radius 3 is 2.79 bits per heavy atom. The molecule has 0 spiro atoms. The molecule has 0 unspecified atom stereocenters. The number of ether oxygens (including phenoxy) is 1. The van der Waals surface area contributed by atoms with Crippen molar-refractivity contribution < 1.29 is 17.9 Å². The molecule has 0 atom stereocenters. The van der Waals surface area contributed by atoms with E-state index in [-0.39, 0.29) is 10.6 Å². The molecule has 0 fully saturated rings. The number of para-hydroxylation sites is 1.